The number of fused-ring (bicyclic) bond motifs is 1. The van der Waals surface area contributed by atoms with Crippen LogP contribution < -0.4 is 20.1 Å². The topological polar surface area (TPSA) is 79.5 Å². The van der Waals surface area contributed by atoms with E-state index in [-0.39, 0.29) is 11.9 Å². The Morgan fingerprint density at radius 3 is 2.54 bits per heavy atom. The Labute approximate surface area is 159 Å². The molecule has 0 aromatic heterocycles. The third-order valence-corrected chi connectivity index (χ3v) is 5.81. The number of rotatable bonds is 4. The predicted molar refractivity (Wildman–Crippen MR) is 98.6 cm³/mol. The smallest absolute Gasteiger partial charge is 0.376 e. The number of alkyl halides is 3. The number of hydrogen-bond acceptors (Lipinski definition) is 6. The second-order valence-electron chi connectivity index (χ2n) is 6.76. The van der Waals surface area contributed by atoms with E-state index in [2.05, 4.69) is 20.1 Å². The number of halogens is 3. The van der Waals surface area contributed by atoms with E-state index in [1.54, 1.807) is 6.07 Å². The first-order valence-electron chi connectivity index (χ1n) is 8.74. The van der Waals surface area contributed by atoms with E-state index in [9.17, 15) is 21.6 Å². The van der Waals surface area contributed by atoms with Gasteiger partial charge in [0, 0.05) is 12.2 Å². The Morgan fingerprint density at radius 1 is 1.07 bits per heavy atom. The van der Waals surface area contributed by atoms with Crippen molar-refractivity contribution >= 4 is 26.6 Å². The Kier molecular flexibility index (Phi) is 4.62. The molecule has 0 bridgehead atoms. The van der Waals surface area contributed by atoms with E-state index in [0.717, 1.165) is 36.0 Å². The molecule has 28 heavy (non-hydrogen) atoms. The highest BCUT2D eigenvalue weighted by atomic mass is 32.2. The van der Waals surface area contributed by atoms with Crippen LogP contribution >= 0.6 is 0 Å². The summed E-state index contributed by atoms with van der Waals surface area (Å²) in [6.07, 6.45) is 4.24. The normalized spacial score (nSPS) is 22.6. The van der Waals surface area contributed by atoms with Crippen LogP contribution in [0.2, 0.25) is 0 Å². The van der Waals surface area contributed by atoms with Gasteiger partial charge in [-0.05, 0) is 53.9 Å². The first-order valence-corrected chi connectivity index (χ1v) is 10.1. The van der Waals surface area contributed by atoms with E-state index in [4.69, 9.17) is 0 Å². The van der Waals surface area contributed by atoms with Crippen molar-refractivity contribution in [1.82, 2.24) is 16.0 Å². The fraction of sp³-hybridized carbons (Fsp3) is 0.333. The maximum absolute atomic E-state index is 12.5. The van der Waals surface area contributed by atoms with Crippen LogP contribution in [0.3, 0.4) is 0 Å². The van der Waals surface area contributed by atoms with Crippen LogP contribution in [0.5, 0.6) is 5.75 Å². The average Bonchev–Trinajstić information content (AvgIpc) is 3.31. The molecule has 2 unspecified atom stereocenters. The van der Waals surface area contributed by atoms with E-state index in [1.165, 1.54) is 18.2 Å². The zero-order valence-corrected chi connectivity index (χ0v) is 15.4. The summed E-state index contributed by atoms with van der Waals surface area (Å²) in [4.78, 5) is 0. The fourth-order valence-electron chi connectivity index (χ4n) is 3.42. The first-order chi connectivity index (χ1) is 13.2. The van der Waals surface area contributed by atoms with Crippen molar-refractivity contribution in [3.63, 3.8) is 0 Å². The highest BCUT2D eigenvalue weighted by Gasteiger charge is 2.48. The van der Waals surface area contributed by atoms with Crippen molar-refractivity contribution in [1.29, 1.82) is 0 Å². The van der Waals surface area contributed by atoms with E-state index >= 15 is 0 Å². The van der Waals surface area contributed by atoms with Crippen molar-refractivity contribution in [3.05, 3.63) is 48.2 Å². The van der Waals surface area contributed by atoms with E-state index < -0.39 is 15.6 Å². The SMILES string of the molecule is O=S(=O)(Oc1ccc2cc(C3=CNC(C4CCCN4)N3)ccc2c1)C(F)(F)F. The molecule has 1 saturated heterocycles. The Hall–Kier alpha value is -2.46. The Balaban J connectivity index is 1.53. The Morgan fingerprint density at radius 2 is 1.82 bits per heavy atom. The fourth-order valence-corrected chi connectivity index (χ4v) is 3.87. The largest absolute Gasteiger partial charge is 0.534 e. The third-order valence-electron chi connectivity index (χ3n) is 4.83. The summed E-state index contributed by atoms with van der Waals surface area (Å²) in [6, 6.07) is 9.75. The maximum Gasteiger partial charge on any atom is 0.534 e. The molecule has 2 aliphatic rings. The van der Waals surface area contributed by atoms with Crippen molar-refractivity contribution in [2.24, 2.45) is 0 Å². The van der Waals surface area contributed by atoms with Crippen LogP contribution in [0.25, 0.3) is 16.5 Å². The Bertz CT molecular complexity index is 1030. The van der Waals surface area contributed by atoms with Crippen molar-refractivity contribution in [2.45, 2.75) is 30.6 Å². The molecule has 2 heterocycles. The van der Waals surface area contributed by atoms with Gasteiger partial charge in [-0.15, -0.1) is 0 Å². The lowest BCUT2D eigenvalue weighted by Crippen LogP contribution is -2.47. The standard InChI is InChI=1S/C18H18F3N3O3S/c19-18(20,21)28(25,26)27-14-6-5-11-8-13(4-3-12(11)9-14)16-10-23-17(24-16)15-2-1-7-22-15/h3-6,8-10,15,17,22-24H,1-2,7H2. The van der Waals surface area contributed by atoms with Crippen LogP contribution in [0.1, 0.15) is 18.4 Å². The molecular weight excluding hydrogens is 395 g/mol. The molecule has 0 spiro atoms. The molecule has 150 valence electrons. The second-order valence-corrected chi connectivity index (χ2v) is 8.29. The van der Waals surface area contributed by atoms with Crippen molar-refractivity contribution in [2.75, 3.05) is 6.54 Å². The number of nitrogens with one attached hydrogen (secondary N) is 3. The number of hydrogen-bond donors (Lipinski definition) is 3. The molecule has 2 aromatic carbocycles. The van der Waals surface area contributed by atoms with Gasteiger partial charge in [0.05, 0.1) is 5.70 Å². The molecule has 1 fully saturated rings. The maximum atomic E-state index is 12.5. The van der Waals surface area contributed by atoms with Gasteiger partial charge < -0.3 is 20.1 Å². The summed E-state index contributed by atoms with van der Waals surface area (Å²) in [5.74, 6) is -0.384. The van der Waals surface area contributed by atoms with E-state index in [0.29, 0.717) is 11.4 Å². The van der Waals surface area contributed by atoms with Gasteiger partial charge in [-0.1, -0.05) is 18.2 Å². The molecule has 0 radical (unpaired) electrons. The third kappa shape index (κ3) is 3.61. The summed E-state index contributed by atoms with van der Waals surface area (Å²) in [6.45, 7) is 1.00. The molecule has 10 heteroatoms. The predicted octanol–water partition coefficient (Wildman–Crippen LogP) is 2.64. The molecule has 6 nitrogen and oxygen atoms in total. The minimum atomic E-state index is -5.69. The molecule has 2 atom stereocenters. The summed E-state index contributed by atoms with van der Waals surface area (Å²) >= 11 is 0. The summed E-state index contributed by atoms with van der Waals surface area (Å²) < 4.78 is 63.9. The minimum Gasteiger partial charge on any atom is -0.376 e. The van der Waals surface area contributed by atoms with Gasteiger partial charge in [0.15, 0.2) is 0 Å². The van der Waals surface area contributed by atoms with Crippen LogP contribution in [-0.4, -0.2) is 32.7 Å². The van der Waals surface area contributed by atoms with Crippen LogP contribution in [-0.2, 0) is 10.1 Å². The van der Waals surface area contributed by atoms with Gasteiger partial charge in [0.25, 0.3) is 0 Å². The monoisotopic (exact) mass is 413 g/mol. The van der Waals surface area contributed by atoms with Gasteiger partial charge in [-0.2, -0.15) is 21.6 Å². The first kappa shape index (κ1) is 18.9. The van der Waals surface area contributed by atoms with Gasteiger partial charge in [0.2, 0.25) is 0 Å². The zero-order chi connectivity index (χ0) is 19.9. The molecule has 0 amide bonds. The van der Waals surface area contributed by atoms with E-state index in [1.807, 2.05) is 18.3 Å². The van der Waals surface area contributed by atoms with Gasteiger partial charge in [0.1, 0.15) is 11.9 Å². The van der Waals surface area contributed by atoms with Gasteiger partial charge in [-0.3, -0.25) is 0 Å². The van der Waals surface area contributed by atoms with Crippen molar-refractivity contribution < 1.29 is 25.8 Å². The second kappa shape index (κ2) is 6.85. The van der Waals surface area contributed by atoms with Crippen LogP contribution in [0.15, 0.2) is 42.6 Å². The summed E-state index contributed by atoms with van der Waals surface area (Å²) in [7, 11) is -5.69. The molecule has 4 rings (SSSR count). The molecule has 3 N–H and O–H groups in total. The van der Waals surface area contributed by atoms with Gasteiger partial charge >= 0.3 is 15.6 Å². The molecular formula is C18H18F3N3O3S. The van der Waals surface area contributed by atoms with Crippen LogP contribution in [0, 0.1) is 0 Å². The van der Waals surface area contributed by atoms with Crippen LogP contribution in [0.4, 0.5) is 13.2 Å². The number of benzene rings is 2. The summed E-state index contributed by atoms with van der Waals surface area (Å²) in [5, 5.41) is 11.5. The quantitative estimate of drug-likeness (QED) is 0.528. The van der Waals surface area contributed by atoms with Gasteiger partial charge in [-0.25, -0.2) is 0 Å². The average molecular weight is 413 g/mol. The minimum absolute atomic E-state index is 0.108. The molecule has 0 saturated carbocycles. The zero-order valence-electron chi connectivity index (χ0n) is 14.6. The highest BCUT2D eigenvalue weighted by Crippen LogP contribution is 2.30. The molecule has 0 aliphatic carbocycles. The molecule has 2 aromatic rings. The lowest BCUT2D eigenvalue weighted by molar-refractivity contribution is -0.0500. The molecule has 2 aliphatic heterocycles. The van der Waals surface area contributed by atoms with Crippen molar-refractivity contribution in [3.8, 4) is 5.75 Å². The highest BCUT2D eigenvalue weighted by molar-refractivity contribution is 7.88. The lowest BCUT2D eigenvalue weighted by atomic mass is 10.0. The lowest BCUT2D eigenvalue weighted by Gasteiger charge is -2.21. The summed E-state index contributed by atoms with van der Waals surface area (Å²) in [5.41, 5.74) is -3.64.